The molecule has 0 aromatic heterocycles. The molecule has 2 heterocycles. The Morgan fingerprint density at radius 2 is 1.70 bits per heavy atom. The normalized spacial score (nSPS) is 16.8. The van der Waals surface area contributed by atoms with Crippen molar-refractivity contribution in [3.8, 4) is 23.0 Å². The number of hydrogen-bond donors (Lipinski definition) is 0. The third kappa shape index (κ3) is 4.48. The molecule has 0 bridgehead atoms. The lowest BCUT2D eigenvalue weighted by Crippen LogP contribution is -2.31. The molecule has 0 radical (unpaired) electrons. The minimum Gasteiger partial charge on any atom is -0.497 e. The number of nitrogens with zero attached hydrogens (tertiary/aromatic N) is 2. The maximum absolute atomic E-state index is 13.2. The van der Waals surface area contributed by atoms with Gasteiger partial charge in [0.2, 0.25) is 0 Å². The number of ether oxygens (including phenoxy) is 4. The van der Waals surface area contributed by atoms with Crippen molar-refractivity contribution >= 4 is 11.6 Å². The van der Waals surface area contributed by atoms with Crippen molar-refractivity contribution in [1.29, 1.82) is 0 Å². The van der Waals surface area contributed by atoms with Gasteiger partial charge in [0.1, 0.15) is 24.7 Å². The standard InChI is InChI=1S/C26H24N2O5/c1-30-20-9-7-19(8-10-20)23-16-22(18-5-3-2-4-6-18)27-28(23)26(29)17-33-21-11-12-24-25(15-21)32-14-13-31-24/h2-12,15,23H,13-14,16-17H2,1H3. The summed E-state index contributed by atoms with van der Waals surface area (Å²) in [6.07, 6.45) is 0.617. The zero-order valence-electron chi connectivity index (χ0n) is 18.3. The summed E-state index contributed by atoms with van der Waals surface area (Å²) in [5.41, 5.74) is 2.85. The van der Waals surface area contributed by atoms with E-state index in [2.05, 4.69) is 5.10 Å². The molecule has 0 saturated heterocycles. The monoisotopic (exact) mass is 444 g/mol. The quantitative estimate of drug-likeness (QED) is 0.569. The topological polar surface area (TPSA) is 69.6 Å². The summed E-state index contributed by atoms with van der Waals surface area (Å²) >= 11 is 0. The first-order valence-corrected chi connectivity index (χ1v) is 10.8. The number of methoxy groups -OCH3 is 1. The molecule has 7 heteroatoms. The fourth-order valence-electron chi connectivity index (χ4n) is 3.96. The molecular weight excluding hydrogens is 420 g/mol. The minimum absolute atomic E-state index is 0.141. The van der Waals surface area contributed by atoms with Crippen LogP contribution >= 0.6 is 0 Å². The minimum atomic E-state index is -0.225. The summed E-state index contributed by atoms with van der Waals surface area (Å²) in [5.74, 6) is 2.38. The second-order valence-corrected chi connectivity index (χ2v) is 7.74. The molecule has 1 unspecified atom stereocenters. The van der Waals surface area contributed by atoms with Crippen LogP contribution in [0.15, 0.2) is 77.9 Å². The van der Waals surface area contributed by atoms with E-state index in [1.54, 1.807) is 25.3 Å². The van der Waals surface area contributed by atoms with Gasteiger partial charge >= 0.3 is 0 Å². The van der Waals surface area contributed by atoms with Gasteiger partial charge in [-0.25, -0.2) is 5.01 Å². The molecule has 0 aliphatic carbocycles. The number of carbonyl (C=O) groups excluding carboxylic acids is 1. The van der Waals surface area contributed by atoms with Gasteiger partial charge in [-0.3, -0.25) is 4.79 Å². The number of rotatable bonds is 6. The number of benzene rings is 3. The Morgan fingerprint density at radius 3 is 2.45 bits per heavy atom. The summed E-state index contributed by atoms with van der Waals surface area (Å²) in [5, 5.41) is 6.22. The van der Waals surface area contributed by atoms with E-state index in [0.29, 0.717) is 36.9 Å². The highest BCUT2D eigenvalue weighted by Gasteiger charge is 2.33. The van der Waals surface area contributed by atoms with Crippen molar-refractivity contribution in [3.05, 3.63) is 83.9 Å². The molecule has 3 aromatic rings. The van der Waals surface area contributed by atoms with Gasteiger partial charge in [0, 0.05) is 12.5 Å². The Kier molecular flexibility index (Phi) is 5.85. The maximum atomic E-state index is 13.2. The van der Waals surface area contributed by atoms with Gasteiger partial charge in [-0.15, -0.1) is 0 Å². The predicted octanol–water partition coefficient (Wildman–Crippen LogP) is 4.22. The van der Waals surface area contributed by atoms with Crippen LogP contribution in [0.1, 0.15) is 23.6 Å². The number of hydrogen-bond acceptors (Lipinski definition) is 6. The van der Waals surface area contributed by atoms with Crippen LogP contribution in [0.25, 0.3) is 0 Å². The smallest absolute Gasteiger partial charge is 0.281 e. The highest BCUT2D eigenvalue weighted by Crippen LogP contribution is 2.35. The third-order valence-corrected chi connectivity index (χ3v) is 5.65. The number of carbonyl (C=O) groups is 1. The van der Waals surface area contributed by atoms with Crippen LogP contribution in [0.2, 0.25) is 0 Å². The Hall–Kier alpha value is -4.00. The van der Waals surface area contributed by atoms with E-state index in [0.717, 1.165) is 22.6 Å². The maximum Gasteiger partial charge on any atom is 0.281 e. The van der Waals surface area contributed by atoms with Crippen LogP contribution < -0.4 is 18.9 Å². The van der Waals surface area contributed by atoms with Gasteiger partial charge in [0.15, 0.2) is 18.1 Å². The van der Waals surface area contributed by atoms with E-state index < -0.39 is 0 Å². The summed E-state index contributed by atoms with van der Waals surface area (Å²) in [4.78, 5) is 13.2. The van der Waals surface area contributed by atoms with E-state index in [-0.39, 0.29) is 18.6 Å². The van der Waals surface area contributed by atoms with E-state index in [1.807, 2.05) is 54.6 Å². The lowest BCUT2D eigenvalue weighted by molar-refractivity contribution is -0.135. The lowest BCUT2D eigenvalue weighted by atomic mass is 9.98. The van der Waals surface area contributed by atoms with Crippen LogP contribution in [0.5, 0.6) is 23.0 Å². The molecule has 168 valence electrons. The largest absolute Gasteiger partial charge is 0.497 e. The lowest BCUT2D eigenvalue weighted by Gasteiger charge is -2.23. The highest BCUT2D eigenvalue weighted by molar-refractivity contribution is 6.03. The van der Waals surface area contributed by atoms with Crippen LogP contribution in [0.3, 0.4) is 0 Å². The molecule has 0 N–H and O–H groups in total. The van der Waals surface area contributed by atoms with Gasteiger partial charge in [0.25, 0.3) is 5.91 Å². The van der Waals surface area contributed by atoms with Crippen molar-refractivity contribution < 1.29 is 23.7 Å². The molecule has 1 amide bonds. The number of amides is 1. The molecule has 2 aliphatic heterocycles. The molecule has 7 nitrogen and oxygen atoms in total. The molecular formula is C26H24N2O5. The zero-order valence-corrected chi connectivity index (χ0v) is 18.3. The van der Waals surface area contributed by atoms with E-state index in [4.69, 9.17) is 18.9 Å². The first-order chi connectivity index (χ1) is 16.2. The summed E-state index contributed by atoms with van der Waals surface area (Å²) in [6.45, 7) is 0.872. The van der Waals surface area contributed by atoms with Gasteiger partial charge in [0.05, 0.1) is 18.9 Å². The van der Waals surface area contributed by atoms with Crippen LogP contribution in [-0.2, 0) is 4.79 Å². The van der Waals surface area contributed by atoms with Crippen molar-refractivity contribution in [2.24, 2.45) is 5.10 Å². The molecule has 2 aliphatic rings. The predicted molar refractivity (Wildman–Crippen MR) is 123 cm³/mol. The van der Waals surface area contributed by atoms with E-state index >= 15 is 0 Å². The van der Waals surface area contributed by atoms with Crippen molar-refractivity contribution in [3.63, 3.8) is 0 Å². The van der Waals surface area contributed by atoms with Crippen LogP contribution in [-0.4, -0.2) is 43.6 Å². The Labute approximate surface area is 192 Å². The van der Waals surface area contributed by atoms with E-state index in [9.17, 15) is 4.79 Å². The first-order valence-electron chi connectivity index (χ1n) is 10.8. The van der Waals surface area contributed by atoms with Crippen molar-refractivity contribution in [2.75, 3.05) is 26.9 Å². The zero-order chi connectivity index (χ0) is 22.6. The first kappa shape index (κ1) is 20.9. The summed E-state index contributed by atoms with van der Waals surface area (Å²) in [7, 11) is 1.63. The molecule has 3 aromatic carbocycles. The fraction of sp³-hybridized carbons (Fsp3) is 0.231. The van der Waals surface area contributed by atoms with Gasteiger partial charge in [-0.05, 0) is 35.4 Å². The van der Waals surface area contributed by atoms with Gasteiger partial charge in [-0.2, -0.15) is 5.10 Å². The number of fused-ring (bicyclic) bond motifs is 1. The highest BCUT2D eigenvalue weighted by atomic mass is 16.6. The van der Waals surface area contributed by atoms with Crippen molar-refractivity contribution in [1.82, 2.24) is 5.01 Å². The molecule has 0 saturated carbocycles. The molecule has 1 atom stereocenters. The molecule has 5 rings (SSSR count). The average molecular weight is 444 g/mol. The fourth-order valence-corrected chi connectivity index (χ4v) is 3.96. The van der Waals surface area contributed by atoms with Crippen LogP contribution in [0.4, 0.5) is 0 Å². The summed E-state index contributed by atoms with van der Waals surface area (Å²) in [6, 6.07) is 22.7. The Bertz CT molecular complexity index is 1160. The second kappa shape index (κ2) is 9.24. The van der Waals surface area contributed by atoms with E-state index in [1.165, 1.54) is 5.01 Å². The number of hydrazone groups is 1. The Morgan fingerprint density at radius 1 is 0.970 bits per heavy atom. The molecule has 0 fully saturated rings. The van der Waals surface area contributed by atoms with Crippen molar-refractivity contribution in [2.45, 2.75) is 12.5 Å². The SMILES string of the molecule is COc1ccc(C2CC(c3ccccc3)=NN2C(=O)COc2ccc3c(c2)OCCO3)cc1. The van der Waals surface area contributed by atoms with Crippen LogP contribution in [0, 0.1) is 0 Å². The summed E-state index contributed by atoms with van der Waals surface area (Å²) < 4.78 is 22.2. The third-order valence-electron chi connectivity index (χ3n) is 5.65. The average Bonchev–Trinajstić information content (AvgIpc) is 3.33. The second-order valence-electron chi connectivity index (χ2n) is 7.74. The Balaban J connectivity index is 1.35. The van der Waals surface area contributed by atoms with Gasteiger partial charge in [-0.1, -0.05) is 42.5 Å². The molecule has 0 spiro atoms. The molecule has 33 heavy (non-hydrogen) atoms. The van der Waals surface area contributed by atoms with Gasteiger partial charge < -0.3 is 18.9 Å².